The Balaban J connectivity index is 2.88. The fourth-order valence-corrected chi connectivity index (χ4v) is 4.97. The smallest absolute Gasteiger partial charge is 0.0724 e. The van der Waals surface area contributed by atoms with E-state index in [2.05, 4.69) is 63.6 Å². The molecule has 16 heavy (non-hydrogen) atoms. The van der Waals surface area contributed by atoms with Gasteiger partial charge in [0.1, 0.15) is 0 Å². The zero-order chi connectivity index (χ0) is 12.4. The monoisotopic (exact) mass is 250 g/mol. The van der Waals surface area contributed by atoms with Crippen LogP contribution >= 0.6 is 0 Å². The van der Waals surface area contributed by atoms with E-state index in [9.17, 15) is 0 Å². The Hall–Kier alpha value is -0.346. The van der Waals surface area contributed by atoms with E-state index in [1.807, 2.05) is 0 Å². The SMILES string of the molecule is C[Si](C)(C)/C1=C/C=C\C=C(\[Si](C)(C)C)CC1. The van der Waals surface area contributed by atoms with Gasteiger partial charge in [0.05, 0.1) is 16.1 Å². The Labute approximate surface area is 103 Å². The van der Waals surface area contributed by atoms with Crippen molar-refractivity contribution in [1.29, 1.82) is 0 Å². The minimum atomic E-state index is -1.10. The van der Waals surface area contributed by atoms with E-state index < -0.39 is 16.1 Å². The summed E-state index contributed by atoms with van der Waals surface area (Å²) in [7, 11) is -2.20. The molecule has 0 unspecified atom stereocenters. The normalized spacial score (nSPS) is 27.1. The third-order valence-electron chi connectivity index (χ3n) is 3.30. The van der Waals surface area contributed by atoms with Crippen molar-refractivity contribution in [2.75, 3.05) is 0 Å². The Bertz CT molecular complexity index is 299. The highest BCUT2D eigenvalue weighted by Gasteiger charge is 2.23. The number of hydrogen-bond donors (Lipinski definition) is 0. The average molecular weight is 251 g/mol. The summed E-state index contributed by atoms with van der Waals surface area (Å²) in [6, 6.07) is 0. The predicted octanol–water partition coefficient (Wildman–Crippen LogP) is 4.94. The van der Waals surface area contributed by atoms with Crippen molar-refractivity contribution in [2.45, 2.75) is 52.1 Å². The first-order chi connectivity index (χ1) is 7.21. The van der Waals surface area contributed by atoms with Crippen LogP contribution in [0.3, 0.4) is 0 Å². The molecule has 1 aliphatic carbocycles. The lowest BCUT2D eigenvalue weighted by Crippen LogP contribution is -2.27. The van der Waals surface area contributed by atoms with Gasteiger partial charge in [-0.1, -0.05) is 74.0 Å². The minimum Gasteiger partial charge on any atom is -0.0808 e. The molecule has 0 heterocycles. The molecule has 90 valence electrons. The van der Waals surface area contributed by atoms with E-state index >= 15 is 0 Å². The van der Waals surface area contributed by atoms with Gasteiger partial charge in [0.25, 0.3) is 0 Å². The summed E-state index contributed by atoms with van der Waals surface area (Å²) in [6.07, 6.45) is 11.8. The molecular formula is C14H26Si2. The van der Waals surface area contributed by atoms with Crippen molar-refractivity contribution in [3.8, 4) is 0 Å². The van der Waals surface area contributed by atoms with Crippen LogP contribution in [0, 0.1) is 0 Å². The third-order valence-corrected chi connectivity index (χ3v) is 7.98. The molecule has 0 aromatic heterocycles. The number of allylic oxidation sites excluding steroid dienone is 6. The Morgan fingerprint density at radius 1 is 0.688 bits per heavy atom. The zero-order valence-electron chi connectivity index (χ0n) is 11.7. The van der Waals surface area contributed by atoms with Crippen molar-refractivity contribution < 1.29 is 0 Å². The summed E-state index contributed by atoms with van der Waals surface area (Å²) in [4.78, 5) is 0. The van der Waals surface area contributed by atoms with Gasteiger partial charge in [-0.15, -0.1) is 0 Å². The lowest BCUT2D eigenvalue weighted by atomic mass is 10.2. The van der Waals surface area contributed by atoms with Crippen molar-refractivity contribution >= 4 is 16.1 Å². The molecule has 0 spiro atoms. The van der Waals surface area contributed by atoms with E-state index in [1.165, 1.54) is 12.8 Å². The predicted molar refractivity (Wildman–Crippen MR) is 81.2 cm³/mol. The highest BCUT2D eigenvalue weighted by Crippen LogP contribution is 2.27. The molecule has 0 atom stereocenters. The molecule has 0 aromatic carbocycles. The summed E-state index contributed by atoms with van der Waals surface area (Å²) in [5.41, 5.74) is 0. The fraction of sp³-hybridized carbons (Fsp3) is 0.571. The van der Waals surface area contributed by atoms with Crippen molar-refractivity contribution in [2.24, 2.45) is 0 Å². The molecule has 0 saturated carbocycles. The van der Waals surface area contributed by atoms with Crippen LogP contribution in [0.4, 0.5) is 0 Å². The first kappa shape index (κ1) is 13.7. The Morgan fingerprint density at radius 3 is 1.25 bits per heavy atom. The average Bonchev–Trinajstić information content (AvgIpc) is 1.96. The minimum absolute atomic E-state index is 1.10. The van der Waals surface area contributed by atoms with Gasteiger partial charge in [0.15, 0.2) is 0 Å². The first-order valence-corrected chi connectivity index (χ1v) is 13.3. The van der Waals surface area contributed by atoms with E-state index in [0.29, 0.717) is 0 Å². The molecule has 0 nitrogen and oxygen atoms in total. The topological polar surface area (TPSA) is 0 Å². The maximum atomic E-state index is 2.45. The third kappa shape index (κ3) is 3.91. The molecule has 0 aliphatic heterocycles. The van der Waals surface area contributed by atoms with Gasteiger partial charge in [-0.2, -0.15) is 0 Å². The lowest BCUT2D eigenvalue weighted by Gasteiger charge is -2.26. The van der Waals surface area contributed by atoms with Crippen LogP contribution in [0.5, 0.6) is 0 Å². The molecule has 0 radical (unpaired) electrons. The van der Waals surface area contributed by atoms with Crippen LogP contribution in [0.15, 0.2) is 34.7 Å². The quantitative estimate of drug-likeness (QED) is 0.609. The Kier molecular flexibility index (Phi) is 4.19. The summed E-state index contributed by atoms with van der Waals surface area (Å²) in [5.74, 6) is 0. The van der Waals surface area contributed by atoms with Crippen LogP contribution in [0.2, 0.25) is 39.3 Å². The molecule has 0 N–H and O–H groups in total. The van der Waals surface area contributed by atoms with Crippen molar-refractivity contribution in [3.63, 3.8) is 0 Å². The summed E-state index contributed by atoms with van der Waals surface area (Å²) in [6.45, 7) is 14.7. The fourth-order valence-electron chi connectivity index (χ4n) is 2.03. The van der Waals surface area contributed by atoms with E-state index in [-0.39, 0.29) is 0 Å². The second-order valence-electron chi connectivity index (χ2n) is 6.77. The molecule has 1 aliphatic rings. The molecule has 0 aromatic rings. The van der Waals surface area contributed by atoms with Gasteiger partial charge in [-0.25, -0.2) is 0 Å². The van der Waals surface area contributed by atoms with Crippen LogP contribution in [-0.4, -0.2) is 16.1 Å². The van der Waals surface area contributed by atoms with Gasteiger partial charge in [0.2, 0.25) is 0 Å². The van der Waals surface area contributed by atoms with Gasteiger partial charge in [-0.05, 0) is 12.8 Å². The van der Waals surface area contributed by atoms with Gasteiger partial charge in [0, 0.05) is 0 Å². The van der Waals surface area contributed by atoms with Crippen LogP contribution in [0.1, 0.15) is 12.8 Å². The second-order valence-corrected chi connectivity index (χ2v) is 17.1. The number of rotatable bonds is 2. The van der Waals surface area contributed by atoms with Crippen LogP contribution in [-0.2, 0) is 0 Å². The highest BCUT2D eigenvalue weighted by molar-refractivity contribution is 6.84. The first-order valence-electron chi connectivity index (χ1n) is 6.28. The standard InChI is InChI=1S/C14H26Si2/c1-15(2,3)13-9-7-8-10-14(12-11-13)16(4,5)6/h7-10H,11-12H2,1-6H3/b8-7-,13-9+,14-10+. The lowest BCUT2D eigenvalue weighted by molar-refractivity contribution is 0.988. The van der Waals surface area contributed by atoms with Gasteiger partial charge in [-0.3, -0.25) is 0 Å². The van der Waals surface area contributed by atoms with Gasteiger partial charge < -0.3 is 0 Å². The maximum absolute atomic E-state index is 2.45. The van der Waals surface area contributed by atoms with Gasteiger partial charge >= 0.3 is 0 Å². The molecule has 1 rings (SSSR count). The molecule has 0 amide bonds. The summed E-state index contributed by atoms with van der Waals surface area (Å²) in [5, 5.41) is 3.43. The van der Waals surface area contributed by atoms with Crippen LogP contribution < -0.4 is 0 Å². The van der Waals surface area contributed by atoms with Crippen LogP contribution in [0.25, 0.3) is 0 Å². The molecule has 0 saturated heterocycles. The van der Waals surface area contributed by atoms with E-state index in [4.69, 9.17) is 0 Å². The highest BCUT2D eigenvalue weighted by atomic mass is 28.3. The van der Waals surface area contributed by atoms with E-state index in [1.54, 1.807) is 10.4 Å². The zero-order valence-corrected chi connectivity index (χ0v) is 13.7. The largest absolute Gasteiger partial charge is 0.0808 e. The molecule has 2 heteroatoms. The molecule has 0 fully saturated rings. The maximum Gasteiger partial charge on any atom is 0.0724 e. The number of hydrogen-bond acceptors (Lipinski definition) is 0. The Morgan fingerprint density at radius 2 is 1.00 bits per heavy atom. The summed E-state index contributed by atoms with van der Waals surface area (Å²) >= 11 is 0. The molecular weight excluding hydrogens is 224 g/mol. The van der Waals surface area contributed by atoms with Crippen molar-refractivity contribution in [3.05, 3.63) is 34.7 Å². The van der Waals surface area contributed by atoms with Crippen molar-refractivity contribution in [1.82, 2.24) is 0 Å². The molecule has 0 bridgehead atoms. The van der Waals surface area contributed by atoms with E-state index in [0.717, 1.165) is 0 Å². The second kappa shape index (κ2) is 4.88. The summed E-state index contributed by atoms with van der Waals surface area (Å²) < 4.78 is 0.